The molecule has 2 aliphatic rings. The largest absolute Gasteiger partial charge is 0.631 e. The van der Waals surface area contributed by atoms with Crippen molar-refractivity contribution in [1.29, 1.82) is 0 Å². The number of hydrogen-bond donors (Lipinski definition) is 4. The molecule has 0 radical (unpaired) electrons. The molecule has 2 atom stereocenters. The van der Waals surface area contributed by atoms with Crippen molar-refractivity contribution in [2.45, 2.75) is 33.1 Å². The van der Waals surface area contributed by atoms with E-state index in [0.717, 1.165) is 6.42 Å². The Bertz CT molecular complexity index is 456. The van der Waals surface area contributed by atoms with E-state index in [1.165, 1.54) is 0 Å². The zero-order valence-corrected chi connectivity index (χ0v) is 11.7. The minimum Gasteiger partial charge on any atom is -0.402 e. The maximum absolute atomic E-state index is 11.9. The van der Waals surface area contributed by atoms with Gasteiger partial charge in [-0.2, -0.15) is 8.42 Å². The van der Waals surface area contributed by atoms with Crippen molar-refractivity contribution in [3.05, 3.63) is 0 Å². The van der Waals surface area contributed by atoms with Gasteiger partial charge in [0.1, 0.15) is 5.78 Å². The first-order chi connectivity index (χ1) is 8.42. The van der Waals surface area contributed by atoms with Crippen molar-refractivity contribution in [2.75, 3.05) is 5.75 Å². The first kappa shape index (κ1) is 16.6. The Morgan fingerprint density at radius 3 is 2.05 bits per heavy atom. The van der Waals surface area contributed by atoms with Gasteiger partial charge >= 0.3 is 7.32 Å². The number of carbonyl (C=O) groups excluding carboxylic acids is 1. The Labute approximate surface area is 112 Å². The summed E-state index contributed by atoms with van der Waals surface area (Å²) >= 11 is 0. The summed E-state index contributed by atoms with van der Waals surface area (Å²) in [6.45, 7) is 3.89. The molecule has 0 saturated heterocycles. The van der Waals surface area contributed by atoms with E-state index < -0.39 is 28.6 Å². The lowest BCUT2D eigenvalue weighted by Crippen LogP contribution is -2.42. The van der Waals surface area contributed by atoms with Crippen LogP contribution in [0.25, 0.3) is 0 Å². The molecule has 19 heavy (non-hydrogen) atoms. The normalized spacial score (nSPS) is 31.9. The molecule has 0 heterocycles. The van der Waals surface area contributed by atoms with Gasteiger partial charge in [0.05, 0.1) is 11.2 Å². The van der Waals surface area contributed by atoms with Crippen LogP contribution in [0.15, 0.2) is 0 Å². The van der Waals surface area contributed by atoms with E-state index in [9.17, 15) is 13.2 Å². The Hall–Kier alpha value is -0.475. The standard InChI is InChI=1S/C10H16O4S.BH3O3/c1-9(2)7-3-4-10(9,8(11)5-7)6-15(12,13)14;2-1(3)4/h7H,3-6H2,1-2H3,(H,12,13,14);2-4H. The maximum atomic E-state index is 11.9. The van der Waals surface area contributed by atoms with E-state index in [2.05, 4.69) is 0 Å². The second kappa shape index (κ2) is 5.14. The Morgan fingerprint density at radius 2 is 1.79 bits per heavy atom. The highest BCUT2D eigenvalue weighted by Gasteiger charge is 2.65. The van der Waals surface area contributed by atoms with Crippen LogP contribution in [0.2, 0.25) is 0 Å². The molecule has 110 valence electrons. The summed E-state index contributed by atoms with van der Waals surface area (Å²) in [5, 5.41) is 21.5. The van der Waals surface area contributed by atoms with Gasteiger partial charge in [0.2, 0.25) is 0 Å². The van der Waals surface area contributed by atoms with Crippen LogP contribution >= 0.6 is 0 Å². The molecule has 4 N–H and O–H groups in total. The Balaban J connectivity index is 0.000000399. The van der Waals surface area contributed by atoms with Gasteiger partial charge in [0, 0.05) is 6.42 Å². The summed E-state index contributed by atoms with van der Waals surface area (Å²) in [6.07, 6.45) is 1.97. The highest BCUT2D eigenvalue weighted by molar-refractivity contribution is 7.85. The van der Waals surface area contributed by atoms with Gasteiger partial charge in [-0.25, -0.2) is 0 Å². The predicted octanol–water partition coefficient (Wildman–Crippen LogP) is -0.782. The number of ketones is 1. The third kappa shape index (κ3) is 3.17. The molecule has 2 saturated carbocycles. The SMILES string of the molecule is CC1(C)C2CCC1(CS(=O)(=O)O)C(=O)C2.OB(O)O. The van der Waals surface area contributed by atoms with Gasteiger partial charge < -0.3 is 15.1 Å². The fraction of sp³-hybridized carbons (Fsp3) is 0.900. The van der Waals surface area contributed by atoms with Gasteiger partial charge in [-0.3, -0.25) is 9.35 Å². The van der Waals surface area contributed by atoms with Crippen LogP contribution in [0, 0.1) is 16.7 Å². The summed E-state index contributed by atoms with van der Waals surface area (Å²) in [5.74, 6) is -0.101. The molecule has 0 aromatic rings. The Morgan fingerprint density at radius 1 is 1.32 bits per heavy atom. The number of hydrogen-bond acceptors (Lipinski definition) is 6. The lowest BCUT2D eigenvalue weighted by molar-refractivity contribution is -0.128. The van der Waals surface area contributed by atoms with Crippen LogP contribution in [-0.2, 0) is 14.9 Å². The smallest absolute Gasteiger partial charge is 0.402 e. The van der Waals surface area contributed by atoms with Crippen molar-refractivity contribution in [3.63, 3.8) is 0 Å². The van der Waals surface area contributed by atoms with E-state index in [1.807, 2.05) is 13.8 Å². The molecule has 0 aromatic heterocycles. The minimum atomic E-state index is -4.08. The molecule has 2 unspecified atom stereocenters. The fourth-order valence-corrected chi connectivity index (χ4v) is 4.72. The monoisotopic (exact) mass is 294 g/mol. The Kier molecular flexibility index (Phi) is 4.48. The molecule has 0 aromatic carbocycles. The summed E-state index contributed by atoms with van der Waals surface area (Å²) in [7, 11) is -6.24. The molecule has 2 rings (SSSR count). The van der Waals surface area contributed by atoms with Crippen molar-refractivity contribution in [1.82, 2.24) is 0 Å². The first-order valence-electron chi connectivity index (χ1n) is 5.95. The first-order valence-corrected chi connectivity index (χ1v) is 7.56. The van der Waals surface area contributed by atoms with E-state index in [-0.39, 0.29) is 17.1 Å². The molecule has 0 aliphatic heterocycles. The van der Waals surface area contributed by atoms with Gasteiger partial charge in [0.25, 0.3) is 10.1 Å². The summed E-state index contributed by atoms with van der Waals surface area (Å²) < 4.78 is 31.0. The molecule has 2 fully saturated rings. The molecule has 0 spiro atoms. The van der Waals surface area contributed by atoms with Gasteiger partial charge in [-0.05, 0) is 24.2 Å². The highest BCUT2D eigenvalue weighted by Crippen LogP contribution is 2.64. The van der Waals surface area contributed by atoms with Crippen LogP contribution in [0.1, 0.15) is 33.1 Å². The zero-order valence-electron chi connectivity index (χ0n) is 10.9. The van der Waals surface area contributed by atoms with E-state index in [1.54, 1.807) is 0 Å². The van der Waals surface area contributed by atoms with Gasteiger partial charge in [0.15, 0.2) is 0 Å². The van der Waals surface area contributed by atoms with Crippen molar-refractivity contribution < 1.29 is 32.8 Å². The summed E-state index contributed by atoms with van der Waals surface area (Å²) in [6, 6.07) is 0. The molecular formula is C10H19BO7S. The third-order valence-electron chi connectivity index (χ3n) is 4.57. The average molecular weight is 294 g/mol. The van der Waals surface area contributed by atoms with E-state index in [4.69, 9.17) is 19.6 Å². The van der Waals surface area contributed by atoms with Crippen molar-refractivity contribution >= 4 is 23.2 Å². The molecule has 0 amide bonds. The minimum absolute atomic E-state index is 0.0152. The lowest BCUT2D eigenvalue weighted by atomic mass is 9.70. The molecular weight excluding hydrogens is 275 g/mol. The number of rotatable bonds is 2. The summed E-state index contributed by atoms with van der Waals surface area (Å²) in [5.41, 5.74) is -1.12. The van der Waals surface area contributed by atoms with E-state index >= 15 is 0 Å². The summed E-state index contributed by atoms with van der Waals surface area (Å²) in [4.78, 5) is 11.9. The quantitative estimate of drug-likeness (QED) is 0.388. The number of carbonyl (C=O) groups is 1. The van der Waals surface area contributed by atoms with Gasteiger partial charge in [-0.1, -0.05) is 13.8 Å². The molecule has 2 aliphatic carbocycles. The van der Waals surface area contributed by atoms with Gasteiger partial charge in [-0.15, -0.1) is 0 Å². The average Bonchev–Trinajstić information content (AvgIpc) is 2.47. The number of fused-ring (bicyclic) bond motifs is 2. The van der Waals surface area contributed by atoms with Crippen molar-refractivity contribution in [3.8, 4) is 0 Å². The third-order valence-corrected chi connectivity index (χ3v) is 5.43. The van der Waals surface area contributed by atoms with Crippen LogP contribution in [0.5, 0.6) is 0 Å². The van der Waals surface area contributed by atoms with Crippen LogP contribution < -0.4 is 0 Å². The zero-order chi connectivity index (χ0) is 15.1. The molecule has 7 nitrogen and oxygen atoms in total. The van der Waals surface area contributed by atoms with Crippen LogP contribution in [-0.4, -0.2) is 46.9 Å². The topological polar surface area (TPSA) is 132 Å². The predicted molar refractivity (Wildman–Crippen MR) is 67.4 cm³/mol. The number of Topliss-reactive ketones (excluding diaryl/α,β-unsaturated/α-hetero) is 1. The second-order valence-electron chi connectivity index (χ2n) is 5.74. The van der Waals surface area contributed by atoms with Crippen LogP contribution in [0.3, 0.4) is 0 Å². The van der Waals surface area contributed by atoms with E-state index in [0.29, 0.717) is 12.8 Å². The van der Waals surface area contributed by atoms with Crippen molar-refractivity contribution in [2.24, 2.45) is 16.7 Å². The molecule has 9 heteroatoms. The highest BCUT2D eigenvalue weighted by atomic mass is 32.2. The van der Waals surface area contributed by atoms with Crippen LogP contribution in [0.4, 0.5) is 0 Å². The maximum Gasteiger partial charge on any atom is 0.631 e. The molecule has 2 bridgehead atoms. The lowest BCUT2D eigenvalue weighted by Gasteiger charge is -2.35. The fourth-order valence-electron chi connectivity index (χ4n) is 3.42. The second-order valence-corrected chi connectivity index (χ2v) is 7.19.